The molecule has 2 aromatic carbocycles. The Balaban J connectivity index is 1.64. The van der Waals surface area contributed by atoms with Gasteiger partial charge in [-0.15, -0.1) is 0 Å². The zero-order chi connectivity index (χ0) is 13.5. The zero-order valence-electron chi connectivity index (χ0n) is 10.7. The molecule has 2 rings (SSSR count). The van der Waals surface area contributed by atoms with Gasteiger partial charge in [0.15, 0.2) is 0 Å². The molecule has 0 atom stereocenters. The van der Waals surface area contributed by atoms with Crippen LogP contribution in [0.5, 0.6) is 11.5 Å². The molecular formula is C16H18O2S. The fourth-order valence-electron chi connectivity index (χ4n) is 1.81. The minimum atomic E-state index is 0.323. The quantitative estimate of drug-likeness (QED) is 0.790. The third-order valence-corrected chi connectivity index (χ3v) is 3.93. The summed E-state index contributed by atoms with van der Waals surface area (Å²) < 4.78 is 0. The van der Waals surface area contributed by atoms with Gasteiger partial charge < -0.3 is 10.2 Å². The molecule has 2 N–H and O–H groups in total. The summed E-state index contributed by atoms with van der Waals surface area (Å²) in [7, 11) is 0. The molecule has 0 fully saturated rings. The summed E-state index contributed by atoms with van der Waals surface area (Å²) in [6.07, 6.45) is 2.06. The van der Waals surface area contributed by atoms with E-state index in [4.69, 9.17) is 0 Å². The number of hydrogen-bond donors (Lipinski definition) is 2. The molecule has 0 radical (unpaired) electrons. The van der Waals surface area contributed by atoms with E-state index in [1.54, 1.807) is 24.3 Å². The van der Waals surface area contributed by atoms with Crippen molar-refractivity contribution in [3.8, 4) is 11.5 Å². The molecule has 0 aliphatic heterocycles. The van der Waals surface area contributed by atoms with E-state index in [2.05, 4.69) is 0 Å². The van der Waals surface area contributed by atoms with Crippen molar-refractivity contribution < 1.29 is 10.2 Å². The molecular weight excluding hydrogens is 256 g/mol. The Hall–Kier alpha value is -1.61. The molecule has 19 heavy (non-hydrogen) atoms. The lowest BCUT2D eigenvalue weighted by Crippen LogP contribution is -1.92. The maximum atomic E-state index is 9.19. The highest BCUT2D eigenvalue weighted by Gasteiger charge is 1.96. The van der Waals surface area contributed by atoms with Gasteiger partial charge in [0.2, 0.25) is 0 Å². The van der Waals surface area contributed by atoms with Crippen molar-refractivity contribution in [2.45, 2.75) is 12.8 Å². The first-order valence-corrected chi connectivity index (χ1v) is 7.53. The van der Waals surface area contributed by atoms with Gasteiger partial charge in [0.25, 0.3) is 0 Å². The van der Waals surface area contributed by atoms with Crippen LogP contribution in [-0.2, 0) is 12.8 Å². The summed E-state index contributed by atoms with van der Waals surface area (Å²) in [5.74, 6) is 2.82. The van der Waals surface area contributed by atoms with E-state index in [0.717, 1.165) is 24.3 Å². The van der Waals surface area contributed by atoms with Crippen LogP contribution in [0.15, 0.2) is 48.5 Å². The van der Waals surface area contributed by atoms with Gasteiger partial charge in [-0.3, -0.25) is 0 Å². The highest BCUT2D eigenvalue weighted by atomic mass is 32.2. The lowest BCUT2D eigenvalue weighted by Gasteiger charge is -2.03. The van der Waals surface area contributed by atoms with Crippen LogP contribution >= 0.6 is 11.8 Å². The van der Waals surface area contributed by atoms with Crippen LogP contribution in [0.2, 0.25) is 0 Å². The third kappa shape index (κ3) is 4.87. The van der Waals surface area contributed by atoms with Crippen LogP contribution < -0.4 is 0 Å². The second kappa shape index (κ2) is 7.10. The van der Waals surface area contributed by atoms with Crippen LogP contribution in [0.1, 0.15) is 11.1 Å². The molecule has 0 spiro atoms. The average Bonchev–Trinajstić information content (AvgIpc) is 2.43. The van der Waals surface area contributed by atoms with Gasteiger partial charge in [0.05, 0.1) is 0 Å². The topological polar surface area (TPSA) is 40.5 Å². The van der Waals surface area contributed by atoms with Crippen molar-refractivity contribution in [1.29, 1.82) is 0 Å². The van der Waals surface area contributed by atoms with Gasteiger partial charge in [0, 0.05) is 0 Å². The fraction of sp³-hybridized carbons (Fsp3) is 0.250. The number of thioether (sulfide) groups is 1. The zero-order valence-corrected chi connectivity index (χ0v) is 11.6. The van der Waals surface area contributed by atoms with Crippen LogP contribution in [0, 0.1) is 0 Å². The van der Waals surface area contributed by atoms with Crippen molar-refractivity contribution >= 4 is 11.8 Å². The van der Waals surface area contributed by atoms with Gasteiger partial charge in [-0.1, -0.05) is 24.3 Å². The normalized spacial score (nSPS) is 10.5. The number of aryl methyl sites for hydroxylation is 2. The Morgan fingerprint density at radius 1 is 0.632 bits per heavy atom. The van der Waals surface area contributed by atoms with Crippen molar-refractivity contribution in [3.05, 3.63) is 59.7 Å². The molecule has 0 aliphatic rings. The lowest BCUT2D eigenvalue weighted by atomic mass is 10.2. The summed E-state index contributed by atoms with van der Waals surface area (Å²) in [6, 6.07) is 14.8. The number of phenols is 2. The summed E-state index contributed by atoms with van der Waals surface area (Å²) in [6.45, 7) is 0. The Bertz CT molecular complexity index is 444. The predicted octanol–water partition coefficient (Wildman–Crippen LogP) is 3.62. The molecule has 0 saturated carbocycles. The second-order valence-electron chi connectivity index (χ2n) is 4.45. The summed E-state index contributed by atoms with van der Waals surface area (Å²) in [5, 5.41) is 18.4. The predicted molar refractivity (Wildman–Crippen MR) is 80.9 cm³/mol. The van der Waals surface area contributed by atoms with Crippen molar-refractivity contribution in [2.24, 2.45) is 0 Å². The summed E-state index contributed by atoms with van der Waals surface area (Å²) >= 11 is 1.93. The average molecular weight is 274 g/mol. The largest absolute Gasteiger partial charge is 0.508 e. The standard InChI is InChI=1S/C16H18O2S/c17-15-5-1-13(2-6-15)9-11-19-12-10-14-3-7-16(18)8-4-14/h1-8,17-18H,9-12H2. The van der Waals surface area contributed by atoms with E-state index in [9.17, 15) is 10.2 Å². The molecule has 0 bridgehead atoms. The smallest absolute Gasteiger partial charge is 0.115 e. The molecule has 0 aromatic heterocycles. The minimum absolute atomic E-state index is 0.323. The second-order valence-corrected chi connectivity index (χ2v) is 5.67. The van der Waals surface area contributed by atoms with Gasteiger partial charge in [0.1, 0.15) is 11.5 Å². The Kier molecular flexibility index (Phi) is 5.16. The summed E-state index contributed by atoms with van der Waals surface area (Å²) in [4.78, 5) is 0. The molecule has 0 saturated heterocycles. The van der Waals surface area contributed by atoms with E-state index in [-0.39, 0.29) is 0 Å². The molecule has 0 aliphatic carbocycles. The Morgan fingerprint density at radius 3 is 1.37 bits per heavy atom. The van der Waals surface area contributed by atoms with Crippen molar-refractivity contribution in [2.75, 3.05) is 11.5 Å². The van der Waals surface area contributed by atoms with Crippen LogP contribution in [0.3, 0.4) is 0 Å². The number of aromatic hydroxyl groups is 2. The maximum absolute atomic E-state index is 9.19. The maximum Gasteiger partial charge on any atom is 0.115 e. The van der Waals surface area contributed by atoms with Gasteiger partial charge >= 0.3 is 0 Å². The van der Waals surface area contributed by atoms with Crippen molar-refractivity contribution in [1.82, 2.24) is 0 Å². The monoisotopic (exact) mass is 274 g/mol. The van der Waals surface area contributed by atoms with E-state index >= 15 is 0 Å². The molecule has 2 nitrogen and oxygen atoms in total. The molecule has 0 amide bonds. The molecule has 3 heteroatoms. The molecule has 0 heterocycles. The highest BCUT2D eigenvalue weighted by molar-refractivity contribution is 7.99. The van der Waals surface area contributed by atoms with Gasteiger partial charge in [-0.2, -0.15) is 11.8 Å². The number of benzene rings is 2. The number of phenolic OH excluding ortho intramolecular Hbond substituents is 2. The first-order chi connectivity index (χ1) is 9.24. The SMILES string of the molecule is Oc1ccc(CCSCCc2ccc(O)cc2)cc1. The molecule has 0 unspecified atom stereocenters. The van der Waals surface area contributed by atoms with E-state index in [1.807, 2.05) is 36.0 Å². The highest BCUT2D eigenvalue weighted by Crippen LogP contribution is 2.14. The van der Waals surface area contributed by atoms with Crippen molar-refractivity contribution in [3.63, 3.8) is 0 Å². The van der Waals surface area contributed by atoms with E-state index in [1.165, 1.54) is 11.1 Å². The first-order valence-electron chi connectivity index (χ1n) is 6.37. The number of hydrogen-bond acceptors (Lipinski definition) is 3. The van der Waals surface area contributed by atoms with Crippen LogP contribution in [0.25, 0.3) is 0 Å². The Labute approximate surface area is 118 Å². The molecule has 2 aromatic rings. The minimum Gasteiger partial charge on any atom is -0.508 e. The Morgan fingerprint density at radius 2 is 1.00 bits per heavy atom. The number of rotatable bonds is 6. The third-order valence-electron chi connectivity index (χ3n) is 2.94. The van der Waals surface area contributed by atoms with Gasteiger partial charge in [-0.25, -0.2) is 0 Å². The lowest BCUT2D eigenvalue weighted by molar-refractivity contribution is 0.474. The molecule has 100 valence electrons. The van der Waals surface area contributed by atoms with E-state index in [0.29, 0.717) is 11.5 Å². The van der Waals surface area contributed by atoms with Crippen LogP contribution in [0.4, 0.5) is 0 Å². The van der Waals surface area contributed by atoms with Crippen LogP contribution in [-0.4, -0.2) is 21.7 Å². The first kappa shape index (κ1) is 13.8. The summed E-state index contributed by atoms with van der Waals surface area (Å²) in [5.41, 5.74) is 2.52. The van der Waals surface area contributed by atoms with Gasteiger partial charge in [-0.05, 0) is 59.7 Å². The van der Waals surface area contributed by atoms with E-state index < -0.39 is 0 Å². The fourth-order valence-corrected chi connectivity index (χ4v) is 2.77.